The standard InChI is InChI=1S/C17H36FNO8P2/c1-8-23-28(21,24-9-2)17(18,29(22,25-10-3)26-11-4)13-12-14-19-15(20)27-16(5,6)7/h8-14H2,1-7H3,(H,19,20). The van der Waals surface area contributed by atoms with E-state index >= 15 is 4.39 Å². The lowest BCUT2D eigenvalue weighted by atomic mass is 10.2. The summed E-state index contributed by atoms with van der Waals surface area (Å²) in [5.74, 6) is 0. The van der Waals surface area contributed by atoms with Gasteiger partial charge in [-0.05, 0) is 54.9 Å². The van der Waals surface area contributed by atoms with Crippen LogP contribution in [-0.2, 0) is 32.0 Å². The molecule has 9 nitrogen and oxygen atoms in total. The maximum Gasteiger partial charge on any atom is 0.407 e. The van der Waals surface area contributed by atoms with Crippen LogP contribution in [0.1, 0.15) is 61.3 Å². The molecule has 174 valence electrons. The molecular formula is C17H36FNO8P2. The number of amides is 1. The molecule has 0 saturated heterocycles. The first-order chi connectivity index (χ1) is 13.3. The fourth-order valence-corrected chi connectivity index (χ4v) is 7.45. The summed E-state index contributed by atoms with van der Waals surface area (Å²) >= 11 is 0. The van der Waals surface area contributed by atoms with Gasteiger partial charge in [-0.1, -0.05) is 0 Å². The highest BCUT2D eigenvalue weighted by Crippen LogP contribution is 2.80. The number of alkyl halides is 1. The molecule has 0 heterocycles. The van der Waals surface area contributed by atoms with Crippen molar-refractivity contribution < 1.29 is 41.1 Å². The molecule has 0 aliphatic rings. The first-order valence-corrected chi connectivity index (χ1v) is 12.9. The lowest BCUT2D eigenvalue weighted by Crippen LogP contribution is -2.34. The van der Waals surface area contributed by atoms with E-state index in [4.69, 9.17) is 22.8 Å². The number of rotatable bonds is 14. The molecule has 29 heavy (non-hydrogen) atoms. The highest BCUT2D eigenvalue weighted by molar-refractivity contribution is 7.73. The van der Waals surface area contributed by atoms with Crippen LogP contribution in [0.25, 0.3) is 0 Å². The maximum atomic E-state index is 16.3. The lowest BCUT2D eigenvalue weighted by Gasteiger charge is -2.36. The summed E-state index contributed by atoms with van der Waals surface area (Å²) in [6.45, 7) is 10.7. The fourth-order valence-electron chi connectivity index (χ4n) is 2.39. The van der Waals surface area contributed by atoms with Gasteiger partial charge in [0.25, 0.3) is 0 Å². The molecule has 0 saturated carbocycles. The summed E-state index contributed by atoms with van der Waals surface area (Å²) in [5.41, 5.74) is -0.687. The molecule has 0 aromatic rings. The van der Waals surface area contributed by atoms with Gasteiger partial charge in [-0.25, -0.2) is 9.18 Å². The Balaban J connectivity index is 5.62. The molecule has 1 amide bonds. The number of alkyl carbamates (subject to hydrolysis) is 1. The smallest absolute Gasteiger partial charge is 0.407 e. The van der Waals surface area contributed by atoms with Crippen LogP contribution in [-0.4, -0.2) is 49.8 Å². The van der Waals surface area contributed by atoms with Gasteiger partial charge >= 0.3 is 26.4 Å². The van der Waals surface area contributed by atoms with E-state index in [2.05, 4.69) is 5.32 Å². The van der Waals surface area contributed by atoms with Crippen molar-refractivity contribution >= 4 is 21.3 Å². The van der Waals surface area contributed by atoms with Crippen LogP contribution < -0.4 is 5.32 Å². The van der Waals surface area contributed by atoms with E-state index in [0.717, 1.165) is 0 Å². The molecule has 1 N–H and O–H groups in total. The summed E-state index contributed by atoms with van der Waals surface area (Å²) < 4.78 is 68.5. The molecule has 0 aliphatic carbocycles. The molecule has 0 spiro atoms. The summed E-state index contributed by atoms with van der Waals surface area (Å²) in [4.78, 5) is 11.8. The van der Waals surface area contributed by atoms with E-state index in [1.54, 1.807) is 20.8 Å². The Labute approximate surface area is 173 Å². The zero-order valence-corrected chi connectivity index (χ0v) is 20.3. The third kappa shape index (κ3) is 8.27. The van der Waals surface area contributed by atoms with E-state index in [-0.39, 0.29) is 39.4 Å². The minimum atomic E-state index is -4.54. The van der Waals surface area contributed by atoms with E-state index in [9.17, 15) is 13.9 Å². The van der Waals surface area contributed by atoms with Crippen LogP contribution in [0.4, 0.5) is 9.18 Å². The quantitative estimate of drug-likeness (QED) is 0.268. The van der Waals surface area contributed by atoms with Crippen molar-refractivity contribution in [2.24, 2.45) is 0 Å². The first-order valence-electron chi connectivity index (χ1n) is 9.78. The van der Waals surface area contributed by atoms with Crippen molar-refractivity contribution in [3.05, 3.63) is 0 Å². The van der Waals surface area contributed by atoms with Crippen LogP contribution in [0.3, 0.4) is 0 Å². The van der Waals surface area contributed by atoms with Gasteiger partial charge in [0.2, 0.25) is 0 Å². The number of carbonyl (C=O) groups is 1. The molecule has 0 fully saturated rings. The molecule has 12 heteroatoms. The van der Waals surface area contributed by atoms with Crippen molar-refractivity contribution in [1.29, 1.82) is 0 Å². The summed E-state index contributed by atoms with van der Waals surface area (Å²) in [6, 6.07) is 0. The van der Waals surface area contributed by atoms with Crippen molar-refractivity contribution in [2.75, 3.05) is 33.0 Å². The number of hydrogen-bond donors (Lipinski definition) is 1. The number of ether oxygens (including phenoxy) is 1. The third-order valence-electron chi connectivity index (χ3n) is 3.38. The van der Waals surface area contributed by atoms with E-state index in [0.29, 0.717) is 0 Å². The van der Waals surface area contributed by atoms with E-state index in [1.807, 2.05) is 0 Å². The van der Waals surface area contributed by atoms with Gasteiger partial charge in [-0.2, -0.15) is 0 Å². The molecular weight excluding hydrogens is 427 g/mol. The normalized spacial score (nSPS) is 13.4. The SMILES string of the molecule is CCOP(=O)(OCC)C(F)(CCCNC(=O)OC(C)(C)C)P(=O)(OCC)OCC. The number of halogens is 1. The predicted molar refractivity (Wildman–Crippen MR) is 109 cm³/mol. The average Bonchev–Trinajstić information content (AvgIpc) is 2.57. The minimum Gasteiger partial charge on any atom is -0.444 e. The van der Waals surface area contributed by atoms with Crippen LogP contribution in [0.5, 0.6) is 0 Å². The number of carbonyl (C=O) groups excluding carboxylic acids is 1. The second kappa shape index (κ2) is 12.4. The van der Waals surface area contributed by atoms with E-state index in [1.165, 1.54) is 27.7 Å². The molecule has 0 aromatic heterocycles. The van der Waals surface area contributed by atoms with Crippen molar-refractivity contribution in [2.45, 2.75) is 72.1 Å². The van der Waals surface area contributed by atoms with E-state index < -0.39 is 38.5 Å². The molecule has 0 aromatic carbocycles. The van der Waals surface area contributed by atoms with Crippen LogP contribution in [0.15, 0.2) is 0 Å². The van der Waals surface area contributed by atoms with Gasteiger partial charge in [0.1, 0.15) is 5.60 Å². The first kappa shape index (κ1) is 28.5. The Morgan fingerprint density at radius 3 is 1.55 bits per heavy atom. The Kier molecular flexibility index (Phi) is 12.2. The molecule has 0 bridgehead atoms. The van der Waals surface area contributed by atoms with Crippen molar-refractivity contribution in [3.8, 4) is 0 Å². The topological polar surface area (TPSA) is 109 Å². The Morgan fingerprint density at radius 1 is 0.862 bits per heavy atom. The molecule has 0 aliphatic heterocycles. The van der Waals surface area contributed by atoms with Gasteiger partial charge in [-0.15, -0.1) is 0 Å². The average molecular weight is 463 g/mol. The zero-order valence-electron chi connectivity index (χ0n) is 18.5. The summed E-state index contributed by atoms with van der Waals surface area (Å²) in [5, 5.41) is -0.562. The molecule has 0 atom stereocenters. The van der Waals surface area contributed by atoms with Crippen molar-refractivity contribution in [1.82, 2.24) is 5.32 Å². The highest BCUT2D eigenvalue weighted by Gasteiger charge is 2.66. The van der Waals surface area contributed by atoms with Gasteiger partial charge in [0.15, 0.2) is 0 Å². The van der Waals surface area contributed by atoms with Crippen LogP contribution >= 0.6 is 15.2 Å². The van der Waals surface area contributed by atoms with Crippen LogP contribution in [0.2, 0.25) is 0 Å². The second-order valence-electron chi connectivity index (χ2n) is 6.92. The van der Waals surface area contributed by atoms with Gasteiger partial charge in [0, 0.05) is 13.0 Å². The lowest BCUT2D eigenvalue weighted by molar-refractivity contribution is 0.0525. The fraction of sp³-hybridized carbons (Fsp3) is 0.941. The van der Waals surface area contributed by atoms with Crippen LogP contribution in [0, 0.1) is 0 Å². The molecule has 0 unspecified atom stereocenters. The van der Waals surface area contributed by atoms with Crippen molar-refractivity contribution in [3.63, 3.8) is 0 Å². The highest BCUT2D eigenvalue weighted by atomic mass is 31.2. The molecule has 0 radical (unpaired) electrons. The summed E-state index contributed by atoms with van der Waals surface area (Å²) in [6.07, 6.45) is -1.26. The zero-order chi connectivity index (χ0) is 22.8. The van der Waals surface area contributed by atoms with Gasteiger partial charge in [0.05, 0.1) is 26.4 Å². The van der Waals surface area contributed by atoms with Gasteiger partial charge < -0.3 is 28.1 Å². The predicted octanol–water partition coefficient (Wildman–Crippen LogP) is 5.45. The second-order valence-corrected chi connectivity index (χ2v) is 11.7. The third-order valence-corrected chi connectivity index (χ3v) is 9.36. The maximum absolute atomic E-state index is 16.3. The summed E-state index contributed by atoms with van der Waals surface area (Å²) in [7, 11) is -9.09. The Morgan fingerprint density at radius 2 is 1.24 bits per heavy atom. The van der Waals surface area contributed by atoms with Gasteiger partial charge in [-0.3, -0.25) is 9.13 Å². The Bertz CT molecular complexity index is 546. The minimum absolute atomic E-state index is 0.0168. The largest absolute Gasteiger partial charge is 0.444 e. The molecule has 0 rings (SSSR count). The number of nitrogens with one attached hydrogen (secondary N) is 1. The Hall–Kier alpha value is -0.500. The number of hydrogen-bond acceptors (Lipinski definition) is 8. The monoisotopic (exact) mass is 463 g/mol.